The van der Waals surface area contributed by atoms with Gasteiger partial charge in [-0.1, -0.05) is 0 Å². The Kier molecular flexibility index (Phi) is 3.87. The van der Waals surface area contributed by atoms with Crippen LogP contribution in [0.4, 0.5) is 0 Å². The van der Waals surface area contributed by atoms with Crippen LogP contribution in [0.1, 0.15) is 26.7 Å². The van der Waals surface area contributed by atoms with Gasteiger partial charge >= 0.3 is 0 Å². The molecule has 2 N–H and O–H groups in total. The van der Waals surface area contributed by atoms with Crippen molar-refractivity contribution in [2.75, 3.05) is 19.3 Å². The monoisotopic (exact) mass is 271 g/mol. The zero-order valence-electron chi connectivity index (χ0n) is 11.2. The molecule has 5 nitrogen and oxygen atoms in total. The molecule has 2 aliphatic heterocycles. The van der Waals surface area contributed by atoms with Gasteiger partial charge in [0.2, 0.25) is 11.8 Å². The lowest BCUT2D eigenvalue weighted by molar-refractivity contribution is -0.137. The molecule has 2 heterocycles. The first-order valence-corrected chi connectivity index (χ1v) is 7.37. The zero-order chi connectivity index (χ0) is 13.3. The number of nitrogens with one attached hydrogen (secondary N) is 2. The van der Waals surface area contributed by atoms with Crippen LogP contribution in [-0.2, 0) is 9.59 Å². The standard InChI is InChI=1S/C12H21N3O2S/c1-8(13-3)6-14-11(17)9-7-18-12(2)5-4-10(16)15(9)12/h8-9,13H,4-7H2,1-3H3,(H,14,17). The highest BCUT2D eigenvalue weighted by atomic mass is 32.2. The molecule has 6 heteroatoms. The van der Waals surface area contributed by atoms with Gasteiger partial charge in [0.05, 0.1) is 4.87 Å². The van der Waals surface area contributed by atoms with Gasteiger partial charge in [-0.2, -0.15) is 0 Å². The maximum Gasteiger partial charge on any atom is 0.243 e. The van der Waals surface area contributed by atoms with Gasteiger partial charge in [0, 0.05) is 24.8 Å². The lowest BCUT2D eigenvalue weighted by Crippen LogP contribution is -2.51. The van der Waals surface area contributed by atoms with Crippen LogP contribution in [-0.4, -0.2) is 53.0 Å². The van der Waals surface area contributed by atoms with Gasteiger partial charge in [0.15, 0.2) is 0 Å². The second kappa shape index (κ2) is 5.09. The molecule has 102 valence electrons. The van der Waals surface area contributed by atoms with Crippen LogP contribution >= 0.6 is 11.8 Å². The van der Waals surface area contributed by atoms with Crippen LogP contribution in [0.25, 0.3) is 0 Å². The first-order chi connectivity index (χ1) is 8.48. The van der Waals surface area contributed by atoms with Crippen molar-refractivity contribution in [2.24, 2.45) is 0 Å². The Labute approximate surface area is 112 Å². The summed E-state index contributed by atoms with van der Waals surface area (Å²) in [4.78, 5) is 25.7. The van der Waals surface area contributed by atoms with Gasteiger partial charge < -0.3 is 15.5 Å². The second-order valence-electron chi connectivity index (χ2n) is 5.20. The lowest BCUT2D eigenvalue weighted by Gasteiger charge is -2.30. The number of carbonyl (C=O) groups excluding carboxylic acids is 2. The average molecular weight is 271 g/mol. The summed E-state index contributed by atoms with van der Waals surface area (Å²) >= 11 is 1.72. The summed E-state index contributed by atoms with van der Waals surface area (Å²) in [6.07, 6.45) is 1.42. The molecule has 0 radical (unpaired) electrons. The molecule has 2 saturated heterocycles. The predicted molar refractivity (Wildman–Crippen MR) is 72.3 cm³/mol. The number of nitrogens with zero attached hydrogens (tertiary/aromatic N) is 1. The minimum atomic E-state index is -0.293. The number of likely N-dealkylation sites (N-methyl/N-ethyl adjacent to an activating group) is 1. The quantitative estimate of drug-likeness (QED) is 0.765. The number of amides is 2. The number of thioether (sulfide) groups is 1. The van der Waals surface area contributed by atoms with E-state index in [0.717, 1.165) is 6.42 Å². The SMILES string of the molecule is CNC(C)CNC(=O)C1CSC2(C)CCC(=O)N12. The molecule has 0 spiro atoms. The molecule has 2 rings (SSSR count). The molecule has 0 aliphatic carbocycles. The summed E-state index contributed by atoms with van der Waals surface area (Å²) in [6.45, 7) is 4.66. The van der Waals surface area contributed by atoms with Crippen molar-refractivity contribution >= 4 is 23.6 Å². The summed E-state index contributed by atoms with van der Waals surface area (Å²) < 4.78 is 0. The van der Waals surface area contributed by atoms with Gasteiger partial charge in [-0.25, -0.2) is 0 Å². The molecule has 0 aromatic rings. The molecule has 0 aromatic heterocycles. The first kappa shape index (κ1) is 13.7. The Morgan fingerprint density at radius 2 is 2.39 bits per heavy atom. The van der Waals surface area contributed by atoms with Crippen LogP contribution in [0.3, 0.4) is 0 Å². The van der Waals surface area contributed by atoms with Crippen molar-refractivity contribution in [3.8, 4) is 0 Å². The summed E-state index contributed by atoms with van der Waals surface area (Å²) in [6, 6.07) is -0.0530. The van der Waals surface area contributed by atoms with Gasteiger partial charge in [-0.05, 0) is 27.3 Å². The summed E-state index contributed by atoms with van der Waals surface area (Å²) in [5, 5.41) is 5.99. The number of rotatable bonds is 4. The summed E-state index contributed by atoms with van der Waals surface area (Å²) in [5.41, 5.74) is 0. The molecule has 0 aromatic carbocycles. The maximum absolute atomic E-state index is 12.2. The minimum absolute atomic E-state index is 0.0245. The molecule has 2 aliphatic rings. The topological polar surface area (TPSA) is 61.4 Å². The Bertz CT molecular complexity index is 363. The molecule has 3 unspecified atom stereocenters. The Hall–Kier alpha value is -0.750. The van der Waals surface area contributed by atoms with Gasteiger partial charge in [-0.3, -0.25) is 9.59 Å². The van der Waals surface area contributed by atoms with E-state index in [1.165, 1.54) is 0 Å². The Morgan fingerprint density at radius 1 is 1.67 bits per heavy atom. The van der Waals surface area contributed by atoms with Crippen molar-refractivity contribution in [3.63, 3.8) is 0 Å². The van der Waals surface area contributed by atoms with Crippen LogP contribution in [0, 0.1) is 0 Å². The molecule has 3 atom stereocenters. The highest BCUT2D eigenvalue weighted by molar-refractivity contribution is 8.01. The zero-order valence-corrected chi connectivity index (χ0v) is 12.0. The fourth-order valence-electron chi connectivity index (χ4n) is 2.49. The first-order valence-electron chi connectivity index (χ1n) is 6.39. The van der Waals surface area contributed by atoms with E-state index in [4.69, 9.17) is 0 Å². The molecular formula is C12H21N3O2S. The summed E-state index contributed by atoms with van der Waals surface area (Å²) in [5.74, 6) is 0.801. The molecule has 18 heavy (non-hydrogen) atoms. The van der Waals surface area contributed by atoms with E-state index in [1.807, 2.05) is 14.0 Å². The number of fused-ring (bicyclic) bond motifs is 1. The van der Waals surface area contributed by atoms with E-state index in [2.05, 4.69) is 17.6 Å². The second-order valence-corrected chi connectivity index (χ2v) is 6.70. The van der Waals surface area contributed by atoms with Gasteiger partial charge in [0.25, 0.3) is 0 Å². The van der Waals surface area contributed by atoms with Gasteiger partial charge in [0.1, 0.15) is 6.04 Å². The third kappa shape index (κ3) is 2.36. The van der Waals surface area contributed by atoms with Crippen molar-refractivity contribution < 1.29 is 9.59 Å². The maximum atomic E-state index is 12.2. The van der Waals surface area contributed by atoms with E-state index in [-0.39, 0.29) is 28.8 Å². The Morgan fingerprint density at radius 3 is 3.06 bits per heavy atom. The molecule has 2 fully saturated rings. The molecule has 2 amide bonds. The normalized spacial score (nSPS) is 32.5. The lowest BCUT2D eigenvalue weighted by atomic mass is 10.2. The number of hydrogen-bond donors (Lipinski definition) is 2. The van der Waals surface area contributed by atoms with Crippen LogP contribution in [0.15, 0.2) is 0 Å². The Balaban J connectivity index is 1.97. The van der Waals surface area contributed by atoms with Gasteiger partial charge in [-0.15, -0.1) is 11.8 Å². The molecular weight excluding hydrogens is 250 g/mol. The third-order valence-corrected chi connectivity index (χ3v) is 5.33. The van der Waals surface area contributed by atoms with Crippen molar-refractivity contribution in [1.29, 1.82) is 0 Å². The van der Waals surface area contributed by atoms with E-state index in [1.54, 1.807) is 16.7 Å². The van der Waals surface area contributed by atoms with Crippen molar-refractivity contribution in [3.05, 3.63) is 0 Å². The minimum Gasteiger partial charge on any atom is -0.353 e. The van der Waals surface area contributed by atoms with Crippen molar-refractivity contribution in [1.82, 2.24) is 15.5 Å². The molecule has 0 saturated carbocycles. The average Bonchev–Trinajstić information content (AvgIpc) is 2.83. The summed E-state index contributed by atoms with van der Waals surface area (Å²) in [7, 11) is 1.86. The fraction of sp³-hybridized carbons (Fsp3) is 0.833. The van der Waals surface area contributed by atoms with E-state index in [9.17, 15) is 9.59 Å². The molecule has 0 bridgehead atoms. The largest absolute Gasteiger partial charge is 0.353 e. The smallest absolute Gasteiger partial charge is 0.243 e. The van der Waals surface area contributed by atoms with E-state index >= 15 is 0 Å². The van der Waals surface area contributed by atoms with Crippen LogP contribution in [0.2, 0.25) is 0 Å². The van der Waals surface area contributed by atoms with E-state index < -0.39 is 0 Å². The fourth-order valence-corrected chi connectivity index (χ4v) is 3.92. The van der Waals surface area contributed by atoms with E-state index in [0.29, 0.717) is 18.7 Å². The van der Waals surface area contributed by atoms with Crippen LogP contribution < -0.4 is 10.6 Å². The van der Waals surface area contributed by atoms with Crippen molar-refractivity contribution in [2.45, 2.75) is 43.6 Å². The number of hydrogen-bond acceptors (Lipinski definition) is 4. The highest BCUT2D eigenvalue weighted by Crippen LogP contribution is 2.47. The third-order valence-electron chi connectivity index (χ3n) is 3.82. The predicted octanol–water partition coefficient (Wildman–Crippen LogP) is 0.165. The van der Waals surface area contributed by atoms with Crippen LogP contribution in [0.5, 0.6) is 0 Å². The number of carbonyl (C=O) groups is 2. The highest BCUT2D eigenvalue weighted by Gasteiger charge is 2.52.